The van der Waals surface area contributed by atoms with E-state index in [1.165, 1.54) is 23.7 Å². The number of hydrogen-bond acceptors (Lipinski definition) is 4. The Balaban J connectivity index is 1.76. The summed E-state index contributed by atoms with van der Waals surface area (Å²) in [6.07, 6.45) is 4.06. The Hall–Kier alpha value is -2.27. The highest BCUT2D eigenvalue weighted by atomic mass is 16.1. The van der Waals surface area contributed by atoms with Gasteiger partial charge in [0.05, 0.1) is 0 Å². The second-order valence-electron chi connectivity index (χ2n) is 9.70. The number of carbonyl (C=O) groups excluding carboxylic acids is 1. The minimum atomic E-state index is -0.0541. The molecule has 0 saturated heterocycles. The van der Waals surface area contributed by atoms with Gasteiger partial charge in [0.2, 0.25) is 5.91 Å². The van der Waals surface area contributed by atoms with E-state index < -0.39 is 0 Å². The average Bonchev–Trinajstić information content (AvgIpc) is 2.58. The zero-order valence-electron chi connectivity index (χ0n) is 17.9. The topological polar surface area (TPSA) is 66.9 Å². The number of rotatable bonds is 4. The Labute approximate surface area is 168 Å². The molecule has 2 aromatic rings. The van der Waals surface area contributed by atoms with Crippen molar-refractivity contribution in [3.63, 3.8) is 0 Å². The number of amides is 1. The third-order valence-electron chi connectivity index (χ3n) is 5.18. The van der Waals surface area contributed by atoms with Crippen LogP contribution < -0.4 is 10.6 Å². The van der Waals surface area contributed by atoms with Gasteiger partial charge in [-0.05, 0) is 36.0 Å². The zero-order chi connectivity index (χ0) is 20.5. The SMILES string of the molecule is CC(=O)Nc1ccc(CNC2CC(C)(C)Cc3nc(C(C)(C)C)ncc32)cc1. The molecular formula is C23H32N4O. The van der Waals surface area contributed by atoms with Crippen LogP contribution in [0.2, 0.25) is 0 Å². The summed E-state index contributed by atoms with van der Waals surface area (Å²) in [6, 6.07) is 8.22. The van der Waals surface area contributed by atoms with Crippen molar-refractivity contribution in [2.24, 2.45) is 5.41 Å². The lowest BCUT2D eigenvalue weighted by atomic mass is 9.74. The molecule has 0 radical (unpaired) electrons. The molecular weight excluding hydrogens is 348 g/mol. The fourth-order valence-electron chi connectivity index (χ4n) is 3.74. The molecule has 0 aliphatic heterocycles. The van der Waals surface area contributed by atoms with Crippen molar-refractivity contribution >= 4 is 11.6 Å². The highest BCUT2D eigenvalue weighted by Gasteiger charge is 2.34. The van der Waals surface area contributed by atoms with Gasteiger partial charge in [0, 0.05) is 48.1 Å². The summed E-state index contributed by atoms with van der Waals surface area (Å²) in [5.41, 5.74) is 4.56. The Kier molecular flexibility index (Phi) is 5.57. The first-order valence-electron chi connectivity index (χ1n) is 10.00. The van der Waals surface area contributed by atoms with E-state index in [4.69, 9.17) is 4.98 Å². The van der Waals surface area contributed by atoms with E-state index in [1.54, 1.807) is 0 Å². The van der Waals surface area contributed by atoms with Crippen LogP contribution in [0.4, 0.5) is 5.69 Å². The van der Waals surface area contributed by atoms with Gasteiger partial charge in [0.15, 0.2) is 0 Å². The Morgan fingerprint density at radius 1 is 1.21 bits per heavy atom. The lowest BCUT2D eigenvalue weighted by Gasteiger charge is -2.37. The van der Waals surface area contributed by atoms with Crippen molar-refractivity contribution in [1.29, 1.82) is 0 Å². The second-order valence-corrected chi connectivity index (χ2v) is 9.70. The number of nitrogens with one attached hydrogen (secondary N) is 2. The van der Waals surface area contributed by atoms with Crippen LogP contribution >= 0.6 is 0 Å². The highest BCUT2D eigenvalue weighted by Crippen LogP contribution is 2.40. The summed E-state index contributed by atoms with van der Waals surface area (Å²) in [6.45, 7) is 13.4. The maximum atomic E-state index is 11.2. The molecule has 5 heteroatoms. The summed E-state index contributed by atoms with van der Waals surface area (Å²) in [5.74, 6) is 0.859. The molecule has 5 nitrogen and oxygen atoms in total. The lowest BCUT2D eigenvalue weighted by Crippen LogP contribution is -2.35. The molecule has 2 N–H and O–H groups in total. The normalized spacial score (nSPS) is 18.4. The largest absolute Gasteiger partial charge is 0.326 e. The van der Waals surface area contributed by atoms with Crippen molar-refractivity contribution in [1.82, 2.24) is 15.3 Å². The molecule has 1 aliphatic rings. The summed E-state index contributed by atoms with van der Waals surface area (Å²) in [4.78, 5) is 20.8. The van der Waals surface area contributed by atoms with E-state index in [9.17, 15) is 4.79 Å². The predicted molar refractivity (Wildman–Crippen MR) is 113 cm³/mol. The quantitative estimate of drug-likeness (QED) is 0.817. The Morgan fingerprint density at radius 3 is 2.50 bits per heavy atom. The number of nitrogens with zero attached hydrogens (tertiary/aromatic N) is 2. The van der Waals surface area contributed by atoms with Gasteiger partial charge < -0.3 is 10.6 Å². The molecule has 28 heavy (non-hydrogen) atoms. The fraction of sp³-hybridized carbons (Fsp3) is 0.522. The summed E-state index contributed by atoms with van der Waals surface area (Å²) < 4.78 is 0. The van der Waals surface area contributed by atoms with Gasteiger partial charge in [0.25, 0.3) is 0 Å². The molecule has 1 heterocycles. The van der Waals surface area contributed by atoms with Gasteiger partial charge in [-0.3, -0.25) is 4.79 Å². The molecule has 1 unspecified atom stereocenters. The van der Waals surface area contributed by atoms with Crippen LogP contribution in [-0.2, 0) is 23.2 Å². The standard InChI is InChI=1S/C23H32N4O/c1-15(28)26-17-9-7-16(8-10-17)13-24-19-11-23(5,6)12-20-18(19)14-25-21(27-20)22(2,3)4/h7-10,14,19,24H,11-13H2,1-6H3,(H,26,28). The molecule has 0 saturated carbocycles. The molecule has 150 valence electrons. The molecule has 1 aliphatic carbocycles. The van der Waals surface area contributed by atoms with Gasteiger partial charge in [-0.15, -0.1) is 0 Å². The third kappa shape index (κ3) is 4.96. The van der Waals surface area contributed by atoms with Crippen LogP contribution in [0, 0.1) is 5.41 Å². The molecule has 0 bridgehead atoms. The molecule has 0 spiro atoms. The first-order chi connectivity index (χ1) is 13.0. The van der Waals surface area contributed by atoms with Crippen LogP contribution in [0.25, 0.3) is 0 Å². The van der Waals surface area contributed by atoms with Gasteiger partial charge in [-0.25, -0.2) is 9.97 Å². The smallest absolute Gasteiger partial charge is 0.221 e. The number of aromatic nitrogens is 2. The van der Waals surface area contributed by atoms with Crippen molar-refractivity contribution in [2.45, 2.75) is 72.4 Å². The van der Waals surface area contributed by atoms with Crippen LogP contribution in [0.1, 0.15) is 76.7 Å². The maximum absolute atomic E-state index is 11.2. The number of hydrogen-bond donors (Lipinski definition) is 2. The number of fused-ring (bicyclic) bond motifs is 1. The van der Waals surface area contributed by atoms with Gasteiger partial charge in [0.1, 0.15) is 5.82 Å². The Bertz CT molecular complexity index is 850. The summed E-state index contributed by atoms with van der Waals surface area (Å²) in [7, 11) is 0. The van der Waals surface area contributed by atoms with Crippen LogP contribution in [0.15, 0.2) is 30.5 Å². The number of benzene rings is 1. The predicted octanol–water partition coefficient (Wildman–Crippen LogP) is 4.54. The molecule has 1 amide bonds. The first kappa shape index (κ1) is 20.5. The lowest BCUT2D eigenvalue weighted by molar-refractivity contribution is -0.114. The first-order valence-corrected chi connectivity index (χ1v) is 10.00. The van der Waals surface area contributed by atoms with Crippen molar-refractivity contribution in [3.8, 4) is 0 Å². The number of carbonyl (C=O) groups is 1. The van der Waals surface area contributed by atoms with E-state index in [1.807, 2.05) is 30.5 Å². The van der Waals surface area contributed by atoms with E-state index in [0.717, 1.165) is 30.9 Å². The molecule has 0 fully saturated rings. The molecule has 1 atom stereocenters. The minimum Gasteiger partial charge on any atom is -0.326 e. The monoisotopic (exact) mass is 380 g/mol. The van der Waals surface area contributed by atoms with Gasteiger partial charge in [-0.1, -0.05) is 46.8 Å². The second kappa shape index (κ2) is 7.63. The van der Waals surface area contributed by atoms with Crippen LogP contribution in [-0.4, -0.2) is 15.9 Å². The molecule has 1 aromatic heterocycles. The van der Waals surface area contributed by atoms with Crippen molar-refractivity contribution in [3.05, 3.63) is 53.1 Å². The van der Waals surface area contributed by atoms with Gasteiger partial charge >= 0.3 is 0 Å². The average molecular weight is 381 g/mol. The summed E-state index contributed by atoms with van der Waals surface area (Å²) >= 11 is 0. The molecule has 1 aromatic carbocycles. The van der Waals surface area contributed by atoms with E-state index in [2.05, 4.69) is 50.2 Å². The van der Waals surface area contributed by atoms with Gasteiger partial charge in [-0.2, -0.15) is 0 Å². The summed E-state index contributed by atoms with van der Waals surface area (Å²) in [5, 5.41) is 6.50. The third-order valence-corrected chi connectivity index (χ3v) is 5.18. The highest BCUT2D eigenvalue weighted by molar-refractivity contribution is 5.88. The van der Waals surface area contributed by atoms with Crippen molar-refractivity contribution in [2.75, 3.05) is 5.32 Å². The van der Waals surface area contributed by atoms with E-state index in [0.29, 0.717) is 0 Å². The molecule has 3 rings (SSSR count). The van der Waals surface area contributed by atoms with E-state index in [-0.39, 0.29) is 22.8 Å². The van der Waals surface area contributed by atoms with E-state index >= 15 is 0 Å². The van der Waals surface area contributed by atoms with Crippen molar-refractivity contribution < 1.29 is 4.79 Å². The fourth-order valence-corrected chi connectivity index (χ4v) is 3.74. The Morgan fingerprint density at radius 2 is 1.89 bits per heavy atom. The zero-order valence-corrected chi connectivity index (χ0v) is 17.9. The van der Waals surface area contributed by atoms with Crippen LogP contribution in [0.3, 0.4) is 0 Å². The minimum absolute atomic E-state index is 0.0464. The maximum Gasteiger partial charge on any atom is 0.221 e. The van der Waals surface area contributed by atoms with Crippen LogP contribution in [0.5, 0.6) is 0 Å². The number of anilines is 1.